The minimum Gasteiger partial charge on any atom is -0.336 e. The monoisotopic (exact) mass is 167 g/mol. The van der Waals surface area contributed by atoms with Crippen LogP contribution in [0.3, 0.4) is 0 Å². The van der Waals surface area contributed by atoms with Gasteiger partial charge >= 0.3 is 0 Å². The molecule has 0 aliphatic carbocycles. The van der Waals surface area contributed by atoms with Crippen molar-refractivity contribution in [1.82, 2.24) is 9.55 Å². The van der Waals surface area contributed by atoms with Crippen LogP contribution in [0.15, 0.2) is 12.5 Å². The number of hydrogen-bond donors (Lipinski definition) is 1. The maximum Gasteiger partial charge on any atom is 0.0946 e. The topological polar surface area (TPSA) is 43.8 Å². The van der Waals surface area contributed by atoms with Gasteiger partial charge in [0.2, 0.25) is 0 Å². The molecule has 1 atom stereocenters. The van der Waals surface area contributed by atoms with Gasteiger partial charge in [0.15, 0.2) is 0 Å². The van der Waals surface area contributed by atoms with Crippen LogP contribution in [-0.2, 0) is 7.05 Å². The standard InChI is InChI=1S/C9H17N3/c1-3-4-5-8(10)9-6-11-7-12(9)2/h6-8H,3-5,10H2,1-2H3. The molecule has 1 unspecified atom stereocenters. The predicted molar refractivity (Wildman–Crippen MR) is 49.7 cm³/mol. The number of hydrogen-bond acceptors (Lipinski definition) is 2. The molecule has 1 aromatic heterocycles. The minimum atomic E-state index is 0.150. The highest BCUT2D eigenvalue weighted by molar-refractivity contribution is 5.03. The quantitative estimate of drug-likeness (QED) is 0.740. The van der Waals surface area contributed by atoms with E-state index in [1.54, 1.807) is 6.33 Å². The first-order valence-corrected chi connectivity index (χ1v) is 4.47. The molecule has 0 radical (unpaired) electrons. The Morgan fingerprint density at radius 3 is 2.92 bits per heavy atom. The smallest absolute Gasteiger partial charge is 0.0946 e. The van der Waals surface area contributed by atoms with E-state index in [1.165, 1.54) is 12.8 Å². The summed E-state index contributed by atoms with van der Waals surface area (Å²) in [6.45, 7) is 2.18. The molecule has 0 amide bonds. The summed E-state index contributed by atoms with van der Waals surface area (Å²) in [5.74, 6) is 0. The van der Waals surface area contributed by atoms with Crippen molar-refractivity contribution < 1.29 is 0 Å². The Morgan fingerprint density at radius 2 is 2.42 bits per heavy atom. The largest absolute Gasteiger partial charge is 0.336 e. The third-order valence-electron chi connectivity index (χ3n) is 2.10. The van der Waals surface area contributed by atoms with Gasteiger partial charge in [-0.2, -0.15) is 0 Å². The molecule has 1 rings (SSSR count). The van der Waals surface area contributed by atoms with Gasteiger partial charge in [0.1, 0.15) is 0 Å². The predicted octanol–water partition coefficient (Wildman–Crippen LogP) is 1.61. The van der Waals surface area contributed by atoms with Crippen LogP contribution in [0.25, 0.3) is 0 Å². The van der Waals surface area contributed by atoms with Gasteiger partial charge < -0.3 is 10.3 Å². The first-order valence-electron chi connectivity index (χ1n) is 4.47. The fourth-order valence-corrected chi connectivity index (χ4v) is 1.30. The van der Waals surface area contributed by atoms with Crippen molar-refractivity contribution in [3.05, 3.63) is 18.2 Å². The Kier molecular flexibility index (Phi) is 3.29. The molecule has 68 valence electrons. The Labute approximate surface area is 73.6 Å². The molecule has 0 fully saturated rings. The Morgan fingerprint density at radius 1 is 1.67 bits per heavy atom. The molecule has 3 heteroatoms. The third kappa shape index (κ3) is 2.08. The molecule has 0 saturated carbocycles. The Bertz CT molecular complexity index is 229. The van der Waals surface area contributed by atoms with Crippen LogP contribution in [0.1, 0.15) is 37.9 Å². The number of nitrogens with two attached hydrogens (primary N) is 1. The lowest BCUT2D eigenvalue weighted by atomic mass is 10.1. The molecule has 0 spiro atoms. The summed E-state index contributed by atoms with van der Waals surface area (Å²) in [4.78, 5) is 4.03. The van der Waals surface area contributed by atoms with E-state index >= 15 is 0 Å². The van der Waals surface area contributed by atoms with E-state index in [0.717, 1.165) is 12.1 Å². The van der Waals surface area contributed by atoms with E-state index in [-0.39, 0.29) is 6.04 Å². The lowest BCUT2D eigenvalue weighted by Crippen LogP contribution is -2.13. The first kappa shape index (κ1) is 9.26. The minimum absolute atomic E-state index is 0.150. The second-order valence-electron chi connectivity index (χ2n) is 3.18. The highest BCUT2D eigenvalue weighted by atomic mass is 15.0. The summed E-state index contributed by atoms with van der Waals surface area (Å²) < 4.78 is 1.99. The number of rotatable bonds is 4. The van der Waals surface area contributed by atoms with Crippen molar-refractivity contribution in [2.24, 2.45) is 12.8 Å². The van der Waals surface area contributed by atoms with Crippen molar-refractivity contribution in [3.63, 3.8) is 0 Å². The van der Waals surface area contributed by atoms with E-state index in [4.69, 9.17) is 5.73 Å². The van der Waals surface area contributed by atoms with Crippen molar-refractivity contribution in [2.75, 3.05) is 0 Å². The Hall–Kier alpha value is -0.830. The molecule has 0 aliphatic heterocycles. The number of aromatic nitrogens is 2. The lowest BCUT2D eigenvalue weighted by Gasteiger charge is -2.10. The van der Waals surface area contributed by atoms with Crippen molar-refractivity contribution in [2.45, 2.75) is 32.2 Å². The maximum atomic E-state index is 5.97. The average molecular weight is 167 g/mol. The average Bonchev–Trinajstić information content (AvgIpc) is 2.47. The molecule has 0 saturated heterocycles. The zero-order chi connectivity index (χ0) is 8.97. The van der Waals surface area contributed by atoms with Crippen LogP contribution < -0.4 is 5.73 Å². The molecule has 0 aromatic carbocycles. The SMILES string of the molecule is CCCCC(N)c1cncn1C. The molecule has 12 heavy (non-hydrogen) atoms. The summed E-state index contributed by atoms with van der Waals surface area (Å²) >= 11 is 0. The van der Waals surface area contributed by atoms with Gasteiger partial charge in [0, 0.05) is 19.3 Å². The highest BCUT2D eigenvalue weighted by Crippen LogP contribution is 2.14. The van der Waals surface area contributed by atoms with Crippen LogP contribution in [0.5, 0.6) is 0 Å². The summed E-state index contributed by atoms with van der Waals surface area (Å²) in [5, 5.41) is 0. The fourth-order valence-electron chi connectivity index (χ4n) is 1.30. The number of aryl methyl sites for hydroxylation is 1. The van der Waals surface area contributed by atoms with Crippen LogP contribution >= 0.6 is 0 Å². The van der Waals surface area contributed by atoms with Crippen LogP contribution in [0.2, 0.25) is 0 Å². The molecule has 1 heterocycles. The van der Waals surface area contributed by atoms with E-state index < -0.39 is 0 Å². The van der Waals surface area contributed by atoms with Gasteiger partial charge in [0.25, 0.3) is 0 Å². The summed E-state index contributed by atoms with van der Waals surface area (Å²) in [6.07, 6.45) is 7.08. The van der Waals surface area contributed by atoms with Gasteiger partial charge in [-0.15, -0.1) is 0 Å². The zero-order valence-corrected chi connectivity index (χ0v) is 7.83. The van der Waals surface area contributed by atoms with Gasteiger partial charge in [-0.25, -0.2) is 4.98 Å². The second kappa shape index (κ2) is 4.26. The van der Waals surface area contributed by atoms with Crippen molar-refractivity contribution in [3.8, 4) is 0 Å². The van der Waals surface area contributed by atoms with Gasteiger partial charge in [-0.3, -0.25) is 0 Å². The van der Waals surface area contributed by atoms with Gasteiger partial charge in [-0.1, -0.05) is 19.8 Å². The number of imidazole rings is 1. The molecule has 1 aromatic rings. The molecule has 0 aliphatic rings. The second-order valence-corrected chi connectivity index (χ2v) is 3.18. The van der Waals surface area contributed by atoms with Crippen LogP contribution in [0, 0.1) is 0 Å². The normalized spacial score (nSPS) is 13.2. The Balaban J connectivity index is 2.52. The summed E-state index contributed by atoms with van der Waals surface area (Å²) in [6, 6.07) is 0.150. The van der Waals surface area contributed by atoms with Crippen molar-refractivity contribution >= 4 is 0 Å². The molecular formula is C9H17N3. The van der Waals surface area contributed by atoms with E-state index in [0.29, 0.717) is 0 Å². The number of nitrogens with zero attached hydrogens (tertiary/aromatic N) is 2. The third-order valence-corrected chi connectivity index (χ3v) is 2.10. The van der Waals surface area contributed by atoms with Crippen LogP contribution in [0.4, 0.5) is 0 Å². The maximum absolute atomic E-state index is 5.97. The van der Waals surface area contributed by atoms with E-state index in [1.807, 2.05) is 17.8 Å². The zero-order valence-electron chi connectivity index (χ0n) is 7.83. The first-order chi connectivity index (χ1) is 5.75. The van der Waals surface area contributed by atoms with Crippen molar-refractivity contribution in [1.29, 1.82) is 0 Å². The lowest BCUT2D eigenvalue weighted by molar-refractivity contribution is 0.572. The van der Waals surface area contributed by atoms with Crippen LogP contribution in [-0.4, -0.2) is 9.55 Å². The molecule has 0 bridgehead atoms. The van der Waals surface area contributed by atoms with Gasteiger partial charge in [0.05, 0.1) is 12.0 Å². The molecule has 3 nitrogen and oxygen atoms in total. The fraction of sp³-hybridized carbons (Fsp3) is 0.667. The van der Waals surface area contributed by atoms with Gasteiger partial charge in [-0.05, 0) is 6.42 Å². The summed E-state index contributed by atoms with van der Waals surface area (Å²) in [5.41, 5.74) is 7.09. The number of unbranched alkanes of at least 4 members (excludes halogenated alkanes) is 1. The molecule has 2 N–H and O–H groups in total. The van der Waals surface area contributed by atoms with E-state index in [9.17, 15) is 0 Å². The molecular weight excluding hydrogens is 150 g/mol. The highest BCUT2D eigenvalue weighted by Gasteiger charge is 2.07. The summed E-state index contributed by atoms with van der Waals surface area (Å²) in [7, 11) is 1.98. The van der Waals surface area contributed by atoms with E-state index in [2.05, 4.69) is 11.9 Å².